The molecule has 2 amide bonds. The number of hydrogen-bond donors (Lipinski definition) is 2. The molecule has 13 nitrogen and oxygen atoms in total. The fourth-order valence-corrected chi connectivity index (χ4v) is 9.68. The van der Waals surface area contributed by atoms with E-state index in [-0.39, 0.29) is 23.7 Å². The van der Waals surface area contributed by atoms with E-state index < -0.39 is 0 Å². The molecule has 0 radical (unpaired) electrons. The number of piperidine rings is 1. The Kier molecular flexibility index (Phi) is 8.81. The Labute approximate surface area is 324 Å². The van der Waals surface area contributed by atoms with Crippen LogP contribution in [0, 0.1) is 17.7 Å². The number of nitrogens with one attached hydrogen (secondary N) is 1. The third-order valence-corrected chi connectivity index (χ3v) is 12.6. The van der Waals surface area contributed by atoms with Gasteiger partial charge in [0.15, 0.2) is 5.65 Å². The van der Waals surface area contributed by atoms with Crippen molar-refractivity contribution in [3.8, 4) is 22.8 Å². The highest BCUT2D eigenvalue weighted by molar-refractivity contribution is 5.99. The lowest BCUT2D eigenvalue weighted by atomic mass is 10.0. The first-order valence-corrected chi connectivity index (χ1v) is 19.8. The van der Waals surface area contributed by atoms with Gasteiger partial charge in [-0.15, -0.1) is 0 Å². The van der Waals surface area contributed by atoms with Crippen LogP contribution in [0.4, 0.5) is 21.6 Å². The number of nitrogens with zero attached hydrogens (tertiary/aromatic N) is 8. The Morgan fingerprint density at radius 3 is 2.23 bits per heavy atom. The van der Waals surface area contributed by atoms with Crippen molar-refractivity contribution in [3.05, 3.63) is 84.9 Å². The molecule has 3 unspecified atom stereocenters. The second-order valence-corrected chi connectivity index (χ2v) is 16.0. The van der Waals surface area contributed by atoms with Gasteiger partial charge in [0.25, 0.3) is 0 Å². The van der Waals surface area contributed by atoms with Crippen LogP contribution in [0.2, 0.25) is 0 Å². The summed E-state index contributed by atoms with van der Waals surface area (Å²) in [5.74, 6) is 2.28. The monoisotopic (exact) mass is 756 g/mol. The van der Waals surface area contributed by atoms with Crippen molar-refractivity contribution in [3.63, 3.8) is 0 Å². The van der Waals surface area contributed by atoms with E-state index >= 15 is 4.39 Å². The first kappa shape index (κ1) is 34.9. The van der Waals surface area contributed by atoms with Crippen LogP contribution in [0.15, 0.2) is 79.1 Å². The van der Waals surface area contributed by atoms with Crippen LogP contribution in [0.1, 0.15) is 44.6 Å². The van der Waals surface area contributed by atoms with Crippen molar-refractivity contribution in [1.82, 2.24) is 34.6 Å². The molecule has 56 heavy (non-hydrogen) atoms. The molecule has 10 rings (SSSR count). The van der Waals surface area contributed by atoms with E-state index in [1.807, 2.05) is 54.6 Å². The predicted octanol–water partition coefficient (Wildman–Crippen LogP) is 5.72. The van der Waals surface area contributed by atoms with Gasteiger partial charge in [0.1, 0.15) is 35.2 Å². The third-order valence-electron chi connectivity index (χ3n) is 12.6. The van der Waals surface area contributed by atoms with Crippen LogP contribution < -0.4 is 20.8 Å². The summed E-state index contributed by atoms with van der Waals surface area (Å²) in [6.45, 7) is 5.87. The summed E-state index contributed by atoms with van der Waals surface area (Å²) in [7, 11) is 0. The third kappa shape index (κ3) is 6.40. The van der Waals surface area contributed by atoms with Gasteiger partial charge >= 0.3 is 0 Å². The number of carbonyl (C=O) groups excluding carboxylic acids is 2. The van der Waals surface area contributed by atoms with Crippen LogP contribution in [0.25, 0.3) is 22.3 Å². The number of rotatable bonds is 9. The minimum Gasteiger partial charge on any atom is -0.457 e. The summed E-state index contributed by atoms with van der Waals surface area (Å²) in [4.78, 5) is 40.8. The number of nitrogens with two attached hydrogens (primary N) is 1. The number of fused-ring (bicyclic) bond motifs is 2. The second kappa shape index (κ2) is 14.2. The van der Waals surface area contributed by atoms with Gasteiger partial charge in [-0.1, -0.05) is 18.2 Å². The van der Waals surface area contributed by atoms with Crippen molar-refractivity contribution in [2.45, 2.75) is 56.7 Å². The summed E-state index contributed by atoms with van der Waals surface area (Å²) in [5.41, 5.74) is 12.8. The average Bonchev–Trinajstić information content (AvgIpc) is 3.98. The highest BCUT2D eigenvalue weighted by atomic mass is 19.1. The van der Waals surface area contributed by atoms with Gasteiger partial charge in [-0.2, -0.15) is 10.1 Å². The highest BCUT2D eigenvalue weighted by Crippen LogP contribution is 2.47. The van der Waals surface area contributed by atoms with Crippen molar-refractivity contribution in [2.24, 2.45) is 11.8 Å². The Morgan fingerprint density at radius 2 is 1.50 bits per heavy atom. The Morgan fingerprint density at radius 1 is 0.786 bits per heavy atom. The van der Waals surface area contributed by atoms with Crippen LogP contribution in [0.3, 0.4) is 0 Å². The summed E-state index contributed by atoms with van der Waals surface area (Å²) in [6, 6.07) is 23.7. The quantitative estimate of drug-likeness (QED) is 0.179. The van der Waals surface area contributed by atoms with Crippen molar-refractivity contribution < 1.29 is 18.7 Å². The van der Waals surface area contributed by atoms with Crippen molar-refractivity contribution >= 4 is 40.0 Å². The normalized spacial score (nSPS) is 24.6. The maximum absolute atomic E-state index is 15.3. The number of anilines is 3. The summed E-state index contributed by atoms with van der Waals surface area (Å²) in [6.07, 6.45) is 5.83. The molecule has 3 atom stereocenters. The predicted molar refractivity (Wildman–Crippen MR) is 210 cm³/mol. The molecule has 0 bridgehead atoms. The molecule has 3 N–H and O–H groups in total. The number of halogens is 1. The van der Waals surface area contributed by atoms with E-state index in [1.54, 1.807) is 12.1 Å². The molecule has 1 aliphatic carbocycles. The minimum absolute atomic E-state index is 0.251. The lowest BCUT2D eigenvalue weighted by Crippen LogP contribution is -2.62. The van der Waals surface area contributed by atoms with Crippen LogP contribution >= 0.6 is 0 Å². The van der Waals surface area contributed by atoms with Gasteiger partial charge in [0, 0.05) is 75.8 Å². The first-order valence-electron chi connectivity index (χ1n) is 19.8. The molecule has 5 aliphatic rings. The van der Waals surface area contributed by atoms with E-state index in [9.17, 15) is 9.59 Å². The molecule has 4 aliphatic heterocycles. The molecular weight excluding hydrogens is 712 g/mol. The van der Waals surface area contributed by atoms with E-state index in [2.05, 4.69) is 34.8 Å². The lowest BCUT2D eigenvalue weighted by molar-refractivity contribution is -0.146. The van der Waals surface area contributed by atoms with Gasteiger partial charge < -0.3 is 15.4 Å². The zero-order valence-corrected chi connectivity index (χ0v) is 31.1. The molecule has 6 heterocycles. The molecular formula is C42H45FN10O3. The zero-order valence-electron chi connectivity index (χ0n) is 31.1. The fraction of sp³-hybridized carbons (Fsp3) is 0.405. The minimum atomic E-state index is -0.352. The van der Waals surface area contributed by atoms with E-state index in [1.165, 1.54) is 12.4 Å². The van der Waals surface area contributed by atoms with Crippen LogP contribution in [-0.2, 0) is 9.59 Å². The van der Waals surface area contributed by atoms with E-state index in [0.717, 1.165) is 97.3 Å². The Balaban J connectivity index is 0.742. The number of para-hydroxylation sites is 1. The number of hydrazine groups is 1. The zero-order chi connectivity index (χ0) is 37.9. The van der Waals surface area contributed by atoms with Crippen molar-refractivity contribution in [2.75, 3.05) is 55.3 Å². The highest BCUT2D eigenvalue weighted by Gasteiger charge is 2.47. The fourth-order valence-electron chi connectivity index (χ4n) is 9.68. The van der Waals surface area contributed by atoms with E-state index in [0.29, 0.717) is 60.4 Å². The van der Waals surface area contributed by atoms with Crippen molar-refractivity contribution in [1.29, 1.82) is 0 Å². The van der Waals surface area contributed by atoms with Gasteiger partial charge in [-0.05, 0) is 86.1 Å². The number of carbonyl (C=O) groups is 2. The van der Waals surface area contributed by atoms with Crippen LogP contribution in [-0.4, -0.2) is 97.7 Å². The number of benzene rings is 3. The van der Waals surface area contributed by atoms with E-state index in [4.69, 9.17) is 15.6 Å². The second-order valence-electron chi connectivity index (χ2n) is 16.0. The Hall–Kier alpha value is -5.60. The Bertz CT molecular complexity index is 2250. The SMILES string of the molecule is Nc1ncnc2c1c(-c1ccc(Oc3ccccc3)cc1)nn2C1CC2CN(C3CN(C4CCN(c5ccc(NN6C(=O)CCCC6=O)cc5F)C4)C3)CC2C1. The molecule has 5 aromatic rings. The molecule has 1 saturated carbocycles. The summed E-state index contributed by atoms with van der Waals surface area (Å²) >= 11 is 0. The maximum Gasteiger partial charge on any atom is 0.248 e. The largest absolute Gasteiger partial charge is 0.457 e. The van der Waals surface area contributed by atoms with Crippen LogP contribution in [0.5, 0.6) is 11.5 Å². The smallest absolute Gasteiger partial charge is 0.248 e. The number of ether oxygens (including phenoxy) is 1. The molecule has 4 saturated heterocycles. The number of likely N-dealkylation sites (tertiary alicyclic amines) is 2. The molecule has 14 heteroatoms. The number of aromatic nitrogens is 4. The number of imide groups is 1. The summed E-state index contributed by atoms with van der Waals surface area (Å²) < 4.78 is 23.5. The number of nitrogen functional groups attached to an aromatic ring is 1. The van der Waals surface area contributed by atoms with Gasteiger partial charge in [0.2, 0.25) is 11.8 Å². The lowest BCUT2D eigenvalue weighted by Gasteiger charge is -2.47. The molecule has 0 spiro atoms. The molecule has 2 aromatic heterocycles. The molecule has 3 aromatic carbocycles. The topological polar surface area (TPSA) is 138 Å². The van der Waals surface area contributed by atoms with Gasteiger partial charge in [0.05, 0.1) is 22.8 Å². The standard InChI is InChI=1S/C42H45FN10O3/c43-35-19-29(47-53-37(54)7-4-8-38(53)55)11-14-36(35)49-16-15-30(22-49)51-23-32(24-51)50-20-27-17-31(18-28(27)21-50)52-42-39(41(44)45-25-46-42)40(48-52)26-9-12-34(13-10-26)56-33-5-2-1-3-6-33/h1-3,5-6,9-14,19,25,27-28,30-32,47H,4,7-8,15-18,20-24H2,(H2,44,45,46). The average molecular weight is 757 g/mol. The molecule has 288 valence electrons. The number of amides is 2. The number of hydrogen-bond acceptors (Lipinski definition) is 11. The summed E-state index contributed by atoms with van der Waals surface area (Å²) in [5, 5.41) is 6.97. The maximum atomic E-state index is 15.3. The first-order chi connectivity index (χ1) is 27.3. The molecule has 5 fully saturated rings. The van der Waals surface area contributed by atoms with Gasteiger partial charge in [-0.25, -0.2) is 19.0 Å². The van der Waals surface area contributed by atoms with Gasteiger partial charge in [-0.3, -0.25) is 24.8 Å².